The summed E-state index contributed by atoms with van der Waals surface area (Å²) >= 11 is 0. The normalized spacial score (nSPS) is 12.7. The summed E-state index contributed by atoms with van der Waals surface area (Å²) in [6.07, 6.45) is -0.194. The van der Waals surface area contributed by atoms with Crippen molar-refractivity contribution in [3.63, 3.8) is 0 Å². The van der Waals surface area contributed by atoms with E-state index >= 15 is 0 Å². The third kappa shape index (κ3) is 2.51. The van der Waals surface area contributed by atoms with Gasteiger partial charge in [-0.05, 0) is 31.2 Å². The van der Waals surface area contributed by atoms with Crippen molar-refractivity contribution in [1.29, 1.82) is 0 Å². The van der Waals surface area contributed by atoms with Gasteiger partial charge in [-0.25, -0.2) is 0 Å². The van der Waals surface area contributed by atoms with Crippen LogP contribution in [0.3, 0.4) is 0 Å². The molecule has 1 atom stereocenters. The molecule has 96 valence electrons. The number of aliphatic hydroxyl groups is 1. The van der Waals surface area contributed by atoms with Crippen LogP contribution in [-0.4, -0.2) is 10.1 Å². The number of hydrogen-bond acceptors (Lipinski definition) is 3. The smallest absolute Gasteiger partial charge is 0.133 e. The molecular formula is C16H15NO2. The van der Waals surface area contributed by atoms with Crippen molar-refractivity contribution in [2.75, 3.05) is 0 Å². The van der Waals surface area contributed by atoms with Gasteiger partial charge in [0, 0.05) is 17.5 Å². The summed E-state index contributed by atoms with van der Waals surface area (Å²) in [7, 11) is 0. The molecule has 3 rings (SSSR count). The lowest BCUT2D eigenvalue weighted by atomic mass is 10.1. The molecular weight excluding hydrogens is 238 g/mol. The summed E-state index contributed by atoms with van der Waals surface area (Å²) < 4.78 is 5.43. The number of nitrogens with zero attached hydrogens (tertiary/aromatic N) is 1. The van der Waals surface area contributed by atoms with Crippen molar-refractivity contribution in [2.45, 2.75) is 19.4 Å². The van der Waals surface area contributed by atoms with Crippen LogP contribution in [0.15, 0.2) is 52.9 Å². The van der Waals surface area contributed by atoms with Crippen LogP contribution in [0.1, 0.15) is 23.3 Å². The van der Waals surface area contributed by atoms with Crippen LogP contribution in [0.4, 0.5) is 0 Å². The van der Waals surface area contributed by atoms with Crippen molar-refractivity contribution in [3.8, 4) is 0 Å². The van der Waals surface area contributed by atoms with Gasteiger partial charge in [-0.1, -0.05) is 24.3 Å². The van der Waals surface area contributed by atoms with E-state index in [1.54, 1.807) is 6.07 Å². The van der Waals surface area contributed by atoms with E-state index in [2.05, 4.69) is 4.98 Å². The highest BCUT2D eigenvalue weighted by Crippen LogP contribution is 2.21. The Balaban J connectivity index is 1.84. The Labute approximate surface area is 111 Å². The number of rotatable bonds is 3. The first-order chi connectivity index (χ1) is 9.22. The first kappa shape index (κ1) is 11.9. The molecule has 0 spiro atoms. The van der Waals surface area contributed by atoms with Crippen molar-refractivity contribution in [1.82, 2.24) is 4.98 Å². The van der Waals surface area contributed by atoms with Crippen LogP contribution < -0.4 is 0 Å². The maximum absolute atomic E-state index is 10.1. The zero-order valence-corrected chi connectivity index (χ0v) is 10.7. The maximum atomic E-state index is 10.1. The van der Waals surface area contributed by atoms with Crippen molar-refractivity contribution < 1.29 is 9.52 Å². The number of aromatic nitrogens is 1. The summed E-state index contributed by atoms with van der Waals surface area (Å²) in [5.74, 6) is 1.40. The second-order valence-electron chi connectivity index (χ2n) is 4.66. The Morgan fingerprint density at radius 1 is 1.11 bits per heavy atom. The predicted molar refractivity (Wildman–Crippen MR) is 73.9 cm³/mol. The van der Waals surface area contributed by atoms with Gasteiger partial charge in [0.2, 0.25) is 0 Å². The fourth-order valence-electron chi connectivity index (χ4n) is 2.15. The maximum Gasteiger partial charge on any atom is 0.133 e. The van der Waals surface area contributed by atoms with Crippen LogP contribution in [0.25, 0.3) is 10.9 Å². The van der Waals surface area contributed by atoms with Crippen LogP contribution in [0, 0.1) is 6.92 Å². The second kappa shape index (κ2) is 4.86. The zero-order valence-electron chi connectivity index (χ0n) is 10.7. The molecule has 0 aliphatic rings. The zero-order chi connectivity index (χ0) is 13.2. The molecule has 0 amide bonds. The molecule has 1 unspecified atom stereocenters. The summed E-state index contributed by atoms with van der Waals surface area (Å²) in [5.41, 5.74) is 1.81. The van der Waals surface area contributed by atoms with E-state index in [0.29, 0.717) is 12.2 Å². The lowest BCUT2D eigenvalue weighted by Gasteiger charge is -2.08. The minimum absolute atomic E-state index is 0.456. The highest BCUT2D eigenvalue weighted by Gasteiger charge is 2.13. The third-order valence-electron chi connectivity index (χ3n) is 3.15. The lowest BCUT2D eigenvalue weighted by Crippen LogP contribution is -2.02. The Kier molecular flexibility index (Phi) is 3.05. The van der Waals surface area contributed by atoms with E-state index in [1.165, 1.54) is 0 Å². The molecule has 0 bridgehead atoms. The van der Waals surface area contributed by atoms with Gasteiger partial charge in [-0.3, -0.25) is 4.98 Å². The van der Waals surface area contributed by atoms with Gasteiger partial charge in [0.25, 0.3) is 0 Å². The summed E-state index contributed by atoms with van der Waals surface area (Å²) in [6.45, 7) is 1.87. The van der Waals surface area contributed by atoms with Crippen LogP contribution in [0.5, 0.6) is 0 Å². The first-order valence-electron chi connectivity index (χ1n) is 6.31. The molecule has 0 fully saturated rings. The molecule has 1 aromatic carbocycles. The molecule has 1 N–H and O–H groups in total. The average Bonchev–Trinajstić information content (AvgIpc) is 2.85. The van der Waals surface area contributed by atoms with Crippen molar-refractivity contribution >= 4 is 10.9 Å². The van der Waals surface area contributed by atoms with Gasteiger partial charge in [0.05, 0.1) is 5.52 Å². The highest BCUT2D eigenvalue weighted by molar-refractivity contribution is 5.78. The molecule has 3 aromatic rings. The van der Waals surface area contributed by atoms with Crippen molar-refractivity contribution in [3.05, 3.63) is 65.7 Å². The Morgan fingerprint density at radius 2 is 1.95 bits per heavy atom. The SMILES string of the molecule is Cc1ccc(C(O)Cc2ccc3ccccc3n2)o1. The summed E-state index contributed by atoms with van der Waals surface area (Å²) in [4.78, 5) is 4.55. The monoisotopic (exact) mass is 253 g/mol. The molecule has 3 nitrogen and oxygen atoms in total. The Morgan fingerprint density at radius 3 is 2.74 bits per heavy atom. The van der Waals surface area contributed by atoms with Crippen molar-refractivity contribution in [2.24, 2.45) is 0 Å². The topological polar surface area (TPSA) is 46.3 Å². The number of fused-ring (bicyclic) bond motifs is 1. The molecule has 0 saturated carbocycles. The molecule has 19 heavy (non-hydrogen) atoms. The molecule has 0 aliphatic heterocycles. The molecule has 2 heterocycles. The molecule has 2 aromatic heterocycles. The fourth-order valence-corrected chi connectivity index (χ4v) is 2.15. The van der Waals surface area contributed by atoms with E-state index in [4.69, 9.17) is 4.42 Å². The van der Waals surface area contributed by atoms with E-state index < -0.39 is 6.10 Å². The molecule has 0 radical (unpaired) electrons. The van der Waals surface area contributed by atoms with E-state index in [1.807, 2.05) is 49.4 Å². The highest BCUT2D eigenvalue weighted by atomic mass is 16.4. The average molecular weight is 253 g/mol. The third-order valence-corrected chi connectivity index (χ3v) is 3.15. The minimum Gasteiger partial charge on any atom is -0.464 e. The van der Waals surface area contributed by atoms with E-state index in [9.17, 15) is 5.11 Å². The first-order valence-corrected chi connectivity index (χ1v) is 6.31. The van der Waals surface area contributed by atoms with Gasteiger partial charge in [0.1, 0.15) is 17.6 Å². The number of aryl methyl sites for hydroxylation is 1. The minimum atomic E-state index is -0.651. The van der Waals surface area contributed by atoms with Crippen LogP contribution in [-0.2, 0) is 6.42 Å². The number of para-hydroxylation sites is 1. The van der Waals surface area contributed by atoms with Gasteiger partial charge < -0.3 is 9.52 Å². The van der Waals surface area contributed by atoms with Gasteiger partial charge in [-0.2, -0.15) is 0 Å². The molecule has 0 aliphatic carbocycles. The number of pyridine rings is 1. The summed E-state index contributed by atoms with van der Waals surface area (Å²) in [6, 6.07) is 15.6. The molecule has 3 heteroatoms. The van der Waals surface area contributed by atoms with Crippen LogP contribution >= 0.6 is 0 Å². The second-order valence-corrected chi connectivity index (χ2v) is 4.66. The lowest BCUT2D eigenvalue weighted by molar-refractivity contribution is 0.148. The number of hydrogen-bond donors (Lipinski definition) is 1. The number of furan rings is 1. The van der Waals surface area contributed by atoms with Gasteiger partial charge in [0.15, 0.2) is 0 Å². The quantitative estimate of drug-likeness (QED) is 0.778. The Hall–Kier alpha value is -2.13. The Bertz CT molecular complexity index is 703. The van der Waals surface area contributed by atoms with Gasteiger partial charge in [-0.15, -0.1) is 0 Å². The predicted octanol–water partition coefficient (Wildman–Crippen LogP) is 3.41. The fraction of sp³-hybridized carbons (Fsp3) is 0.188. The number of benzene rings is 1. The largest absolute Gasteiger partial charge is 0.464 e. The van der Waals surface area contributed by atoms with E-state index in [-0.39, 0.29) is 0 Å². The van der Waals surface area contributed by atoms with Gasteiger partial charge >= 0.3 is 0 Å². The summed E-state index contributed by atoms with van der Waals surface area (Å²) in [5, 5.41) is 11.2. The van der Waals surface area contributed by atoms with Crippen LogP contribution in [0.2, 0.25) is 0 Å². The molecule has 0 saturated heterocycles. The number of aliphatic hydroxyl groups excluding tert-OH is 1. The standard InChI is InChI=1S/C16H15NO2/c1-11-6-9-16(19-11)15(18)10-13-8-7-12-4-2-3-5-14(12)17-13/h2-9,15,18H,10H2,1H3. The van der Waals surface area contributed by atoms with E-state index in [0.717, 1.165) is 22.4 Å².